The third-order valence-electron chi connectivity index (χ3n) is 4.63. The lowest BCUT2D eigenvalue weighted by Crippen LogP contribution is -2.54. The summed E-state index contributed by atoms with van der Waals surface area (Å²) in [6.45, 7) is 4.25. The van der Waals surface area contributed by atoms with Crippen molar-refractivity contribution in [2.45, 2.75) is 19.8 Å². The highest BCUT2D eigenvalue weighted by Gasteiger charge is 2.37. The van der Waals surface area contributed by atoms with Gasteiger partial charge in [-0.2, -0.15) is 0 Å². The van der Waals surface area contributed by atoms with Gasteiger partial charge in [-0.25, -0.2) is 9.69 Å². The van der Waals surface area contributed by atoms with Crippen molar-refractivity contribution in [3.8, 4) is 11.5 Å². The Hall–Kier alpha value is -3.61. The van der Waals surface area contributed by atoms with Crippen molar-refractivity contribution in [1.29, 1.82) is 0 Å². The average molecular weight is 378 g/mol. The van der Waals surface area contributed by atoms with Crippen LogP contribution in [-0.2, 0) is 9.59 Å². The third kappa shape index (κ3) is 3.11. The number of fused-ring (bicyclic) bond motifs is 1. The van der Waals surface area contributed by atoms with Gasteiger partial charge in [0.25, 0.3) is 11.8 Å². The minimum absolute atomic E-state index is 0.0783. The number of hydrogen-bond acceptors (Lipinski definition) is 5. The number of benzene rings is 2. The molecule has 2 aliphatic heterocycles. The molecule has 0 aliphatic carbocycles. The third-order valence-corrected chi connectivity index (χ3v) is 4.63. The zero-order valence-electron chi connectivity index (χ0n) is 15.4. The van der Waals surface area contributed by atoms with Gasteiger partial charge >= 0.3 is 6.03 Å². The molecule has 0 atom stereocenters. The van der Waals surface area contributed by atoms with E-state index < -0.39 is 17.8 Å². The molecule has 0 bridgehead atoms. The Morgan fingerprint density at radius 2 is 1.71 bits per heavy atom. The molecular formula is C21H18N2O5. The molecule has 1 N–H and O–H groups in total. The van der Waals surface area contributed by atoms with Crippen LogP contribution in [-0.4, -0.2) is 24.6 Å². The van der Waals surface area contributed by atoms with Gasteiger partial charge in [-0.15, -0.1) is 0 Å². The summed E-state index contributed by atoms with van der Waals surface area (Å²) in [4.78, 5) is 38.4. The number of amides is 4. The van der Waals surface area contributed by atoms with E-state index in [0.717, 1.165) is 10.5 Å². The topological polar surface area (TPSA) is 84.9 Å². The van der Waals surface area contributed by atoms with Crippen LogP contribution < -0.4 is 19.7 Å². The van der Waals surface area contributed by atoms with Crippen LogP contribution >= 0.6 is 0 Å². The number of carbonyl (C=O) groups excluding carboxylic acids is 3. The van der Waals surface area contributed by atoms with Crippen molar-refractivity contribution >= 4 is 29.6 Å². The van der Waals surface area contributed by atoms with Crippen LogP contribution in [0, 0.1) is 0 Å². The molecule has 0 saturated carbocycles. The number of nitrogens with zero attached hydrogens (tertiary/aromatic N) is 1. The average Bonchev–Trinajstić information content (AvgIpc) is 3.13. The minimum atomic E-state index is -0.804. The second-order valence-corrected chi connectivity index (χ2v) is 6.82. The maximum Gasteiger partial charge on any atom is 0.335 e. The van der Waals surface area contributed by atoms with Gasteiger partial charge in [0.1, 0.15) is 5.57 Å². The standard InChI is InChI=1S/C21H18N2O5/c1-12(2)14-5-3-13(4-6-14)9-16-19(24)22-21(26)23(20(16)25)15-7-8-17-18(10-15)28-11-27-17/h3-10,12H,11H2,1-2H3,(H,22,24,26)/b16-9-. The van der Waals surface area contributed by atoms with Gasteiger partial charge in [0.15, 0.2) is 11.5 Å². The van der Waals surface area contributed by atoms with Crippen LogP contribution in [0.15, 0.2) is 48.0 Å². The molecule has 142 valence electrons. The molecule has 4 rings (SSSR count). The van der Waals surface area contributed by atoms with E-state index in [1.54, 1.807) is 12.1 Å². The van der Waals surface area contributed by atoms with E-state index in [0.29, 0.717) is 28.7 Å². The first-order valence-corrected chi connectivity index (χ1v) is 8.85. The van der Waals surface area contributed by atoms with Crippen molar-refractivity contribution in [3.05, 3.63) is 59.2 Å². The Morgan fingerprint density at radius 3 is 2.43 bits per heavy atom. The molecule has 0 unspecified atom stereocenters. The molecular weight excluding hydrogens is 360 g/mol. The number of carbonyl (C=O) groups is 3. The van der Waals surface area contributed by atoms with Crippen LogP contribution in [0.4, 0.5) is 10.5 Å². The van der Waals surface area contributed by atoms with E-state index in [2.05, 4.69) is 19.2 Å². The summed E-state index contributed by atoms with van der Waals surface area (Å²) in [6, 6.07) is 11.5. The lowest BCUT2D eigenvalue weighted by atomic mass is 10.0. The Balaban J connectivity index is 1.68. The fraction of sp³-hybridized carbons (Fsp3) is 0.190. The number of nitrogens with one attached hydrogen (secondary N) is 1. The van der Waals surface area contributed by atoms with Crippen LogP contribution in [0.5, 0.6) is 11.5 Å². The van der Waals surface area contributed by atoms with Gasteiger partial charge in [-0.1, -0.05) is 38.1 Å². The Kier molecular flexibility index (Phi) is 4.35. The number of imide groups is 2. The first-order chi connectivity index (χ1) is 13.4. The number of ether oxygens (including phenoxy) is 2. The molecule has 2 aromatic rings. The zero-order chi connectivity index (χ0) is 19.8. The van der Waals surface area contributed by atoms with Crippen molar-refractivity contribution in [3.63, 3.8) is 0 Å². The van der Waals surface area contributed by atoms with Gasteiger partial charge in [-0.3, -0.25) is 14.9 Å². The van der Waals surface area contributed by atoms with Gasteiger partial charge in [0.2, 0.25) is 6.79 Å². The zero-order valence-corrected chi connectivity index (χ0v) is 15.4. The van der Waals surface area contributed by atoms with Crippen molar-refractivity contribution < 1.29 is 23.9 Å². The summed E-state index contributed by atoms with van der Waals surface area (Å²) < 4.78 is 10.5. The Labute approximate surface area is 161 Å². The molecule has 7 heteroatoms. The fourth-order valence-corrected chi connectivity index (χ4v) is 3.06. The molecule has 0 radical (unpaired) electrons. The Morgan fingerprint density at radius 1 is 1.00 bits per heavy atom. The monoisotopic (exact) mass is 378 g/mol. The largest absolute Gasteiger partial charge is 0.454 e. The lowest BCUT2D eigenvalue weighted by molar-refractivity contribution is -0.122. The molecule has 0 spiro atoms. The lowest BCUT2D eigenvalue weighted by Gasteiger charge is -2.26. The molecule has 1 saturated heterocycles. The SMILES string of the molecule is CC(C)c1ccc(/C=C2/C(=O)NC(=O)N(c3ccc4c(c3)OCO4)C2=O)cc1. The molecule has 4 amide bonds. The molecule has 28 heavy (non-hydrogen) atoms. The van der Waals surface area contributed by atoms with E-state index in [-0.39, 0.29) is 12.4 Å². The second-order valence-electron chi connectivity index (χ2n) is 6.82. The maximum absolute atomic E-state index is 12.9. The van der Waals surface area contributed by atoms with Crippen LogP contribution in [0.3, 0.4) is 0 Å². The predicted octanol–water partition coefficient (Wildman–Crippen LogP) is 3.21. The van der Waals surface area contributed by atoms with Crippen LogP contribution in [0.25, 0.3) is 6.08 Å². The molecule has 2 aliphatic rings. The van der Waals surface area contributed by atoms with Gasteiger partial charge < -0.3 is 9.47 Å². The van der Waals surface area contributed by atoms with E-state index in [4.69, 9.17) is 9.47 Å². The molecule has 2 aromatic carbocycles. The van der Waals surface area contributed by atoms with Gasteiger partial charge in [-0.05, 0) is 35.3 Å². The number of anilines is 1. The quantitative estimate of drug-likeness (QED) is 0.655. The van der Waals surface area contributed by atoms with Gasteiger partial charge in [0, 0.05) is 6.07 Å². The van der Waals surface area contributed by atoms with Crippen molar-refractivity contribution in [2.24, 2.45) is 0 Å². The minimum Gasteiger partial charge on any atom is -0.454 e. The summed E-state index contributed by atoms with van der Waals surface area (Å²) in [6.07, 6.45) is 1.48. The first-order valence-electron chi connectivity index (χ1n) is 8.85. The Bertz CT molecular complexity index is 1010. The maximum atomic E-state index is 12.9. The summed E-state index contributed by atoms with van der Waals surface area (Å²) in [5.74, 6) is -0.0728. The van der Waals surface area contributed by atoms with E-state index >= 15 is 0 Å². The first kappa shape index (κ1) is 17.8. The fourth-order valence-electron chi connectivity index (χ4n) is 3.06. The van der Waals surface area contributed by atoms with Crippen molar-refractivity contribution in [1.82, 2.24) is 5.32 Å². The second kappa shape index (κ2) is 6.84. The van der Waals surface area contributed by atoms with Crippen LogP contribution in [0.2, 0.25) is 0 Å². The molecule has 7 nitrogen and oxygen atoms in total. The summed E-state index contributed by atoms with van der Waals surface area (Å²) >= 11 is 0. The number of hydrogen-bond donors (Lipinski definition) is 1. The summed E-state index contributed by atoms with van der Waals surface area (Å²) in [7, 11) is 0. The number of barbiturate groups is 1. The molecule has 0 aromatic heterocycles. The smallest absolute Gasteiger partial charge is 0.335 e. The highest BCUT2D eigenvalue weighted by atomic mass is 16.7. The normalized spacial score (nSPS) is 17.5. The van der Waals surface area contributed by atoms with Gasteiger partial charge in [0.05, 0.1) is 5.69 Å². The van der Waals surface area contributed by atoms with E-state index in [1.165, 1.54) is 12.1 Å². The highest BCUT2D eigenvalue weighted by molar-refractivity contribution is 6.39. The van der Waals surface area contributed by atoms with Crippen LogP contribution in [0.1, 0.15) is 30.9 Å². The summed E-state index contributed by atoms with van der Waals surface area (Å²) in [5.41, 5.74) is 2.02. The summed E-state index contributed by atoms with van der Waals surface area (Å²) in [5, 5.41) is 2.21. The molecule has 1 fully saturated rings. The van der Waals surface area contributed by atoms with E-state index in [1.807, 2.05) is 24.3 Å². The molecule has 2 heterocycles. The highest BCUT2D eigenvalue weighted by Crippen LogP contribution is 2.36. The predicted molar refractivity (Wildman–Crippen MR) is 102 cm³/mol. The van der Waals surface area contributed by atoms with E-state index in [9.17, 15) is 14.4 Å². The van der Waals surface area contributed by atoms with Crippen molar-refractivity contribution in [2.75, 3.05) is 11.7 Å². The number of rotatable bonds is 3. The number of urea groups is 1.